The first kappa shape index (κ1) is 24.9. The van der Waals surface area contributed by atoms with Crippen LogP contribution in [0.2, 0.25) is 0 Å². The van der Waals surface area contributed by atoms with Crippen LogP contribution in [0.15, 0.2) is 0 Å². The number of carbonyl (C=O) groups is 3. The first-order valence-corrected chi connectivity index (χ1v) is 7.89. The molecule has 0 saturated carbocycles. The predicted molar refractivity (Wildman–Crippen MR) is 90.4 cm³/mol. The second-order valence-electron chi connectivity index (χ2n) is 5.94. The van der Waals surface area contributed by atoms with Crippen molar-refractivity contribution in [3.05, 3.63) is 0 Å². The van der Waals surface area contributed by atoms with E-state index >= 15 is 0 Å². The summed E-state index contributed by atoms with van der Waals surface area (Å²) < 4.78 is 0. The topological polar surface area (TPSA) is 280 Å². The SMILES string of the molecule is NC(=O)NC[C@H](NC(=O)[C@H](O)[C@@H](O)[C@@H](N)[C@@H](O)C[C@@H](O)[C@@H](N)CO)C(N)=O. The Balaban J connectivity index is 4.82. The van der Waals surface area contributed by atoms with Gasteiger partial charge in [0, 0.05) is 13.0 Å². The average molecular weight is 396 g/mol. The molecule has 14 heteroatoms. The highest BCUT2D eigenvalue weighted by molar-refractivity contribution is 5.89. The molecule has 0 aromatic rings. The molecule has 0 aliphatic rings. The number of amides is 4. The number of carbonyl (C=O) groups excluding carboxylic acids is 3. The molecule has 0 unspecified atom stereocenters. The lowest BCUT2D eigenvalue weighted by atomic mass is 9.94. The second-order valence-corrected chi connectivity index (χ2v) is 5.94. The number of urea groups is 1. The molecule has 0 fully saturated rings. The molecule has 0 aliphatic heterocycles. The number of aliphatic hydroxyl groups excluding tert-OH is 5. The Hall–Kier alpha value is -2.07. The molecule has 27 heavy (non-hydrogen) atoms. The van der Waals surface area contributed by atoms with Crippen molar-refractivity contribution >= 4 is 17.8 Å². The maximum absolute atomic E-state index is 11.9. The largest absolute Gasteiger partial charge is 0.395 e. The quantitative estimate of drug-likeness (QED) is 0.148. The summed E-state index contributed by atoms with van der Waals surface area (Å²) >= 11 is 0. The lowest BCUT2D eigenvalue weighted by Gasteiger charge is -2.29. The molecule has 4 amide bonds. The summed E-state index contributed by atoms with van der Waals surface area (Å²) in [6, 6.07) is -5.06. The van der Waals surface area contributed by atoms with E-state index in [0.717, 1.165) is 0 Å². The number of hydrogen-bond acceptors (Lipinski definition) is 10. The van der Waals surface area contributed by atoms with Crippen LogP contribution in [0.4, 0.5) is 4.79 Å². The second kappa shape index (κ2) is 11.6. The molecule has 0 aromatic heterocycles. The van der Waals surface area contributed by atoms with Crippen molar-refractivity contribution in [1.82, 2.24) is 10.6 Å². The van der Waals surface area contributed by atoms with Gasteiger partial charge >= 0.3 is 6.03 Å². The fourth-order valence-corrected chi connectivity index (χ4v) is 1.98. The van der Waals surface area contributed by atoms with Gasteiger partial charge in [0.1, 0.15) is 12.1 Å². The first-order chi connectivity index (χ1) is 12.4. The Kier molecular flexibility index (Phi) is 10.7. The van der Waals surface area contributed by atoms with Gasteiger partial charge in [-0.1, -0.05) is 0 Å². The van der Waals surface area contributed by atoms with Gasteiger partial charge < -0.3 is 59.1 Å². The zero-order chi connectivity index (χ0) is 21.3. The van der Waals surface area contributed by atoms with Crippen LogP contribution >= 0.6 is 0 Å². The van der Waals surface area contributed by atoms with Crippen molar-refractivity contribution in [2.45, 2.75) is 49.0 Å². The summed E-state index contributed by atoms with van der Waals surface area (Å²) in [5.41, 5.74) is 20.8. The number of primary amides is 2. The lowest BCUT2D eigenvalue weighted by Crippen LogP contribution is -2.59. The minimum atomic E-state index is -2.17. The third-order valence-corrected chi connectivity index (χ3v) is 3.76. The van der Waals surface area contributed by atoms with E-state index in [2.05, 4.69) is 0 Å². The molecule has 0 aliphatic carbocycles. The molecule has 0 heterocycles. The maximum atomic E-state index is 11.9. The fraction of sp³-hybridized carbons (Fsp3) is 0.769. The Morgan fingerprint density at radius 3 is 1.96 bits per heavy atom. The van der Waals surface area contributed by atoms with E-state index in [1.807, 2.05) is 10.6 Å². The Morgan fingerprint density at radius 2 is 1.52 bits per heavy atom. The zero-order valence-electron chi connectivity index (χ0n) is 14.4. The van der Waals surface area contributed by atoms with Crippen LogP contribution < -0.4 is 33.6 Å². The van der Waals surface area contributed by atoms with Gasteiger partial charge in [-0.3, -0.25) is 9.59 Å². The molecule has 0 saturated heterocycles. The molecular weight excluding hydrogens is 368 g/mol. The molecule has 0 bridgehead atoms. The van der Waals surface area contributed by atoms with E-state index in [-0.39, 0.29) is 0 Å². The highest BCUT2D eigenvalue weighted by Crippen LogP contribution is 2.10. The third kappa shape index (κ3) is 8.44. The number of nitrogens with two attached hydrogens (primary N) is 4. The molecule has 0 rings (SSSR count). The monoisotopic (exact) mass is 396 g/mol. The van der Waals surface area contributed by atoms with Crippen LogP contribution in [0, 0.1) is 0 Å². The minimum absolute atomic E-state index is 0.444. The molecule has 0 spiro atoms. The van der Waals surface area contributed by atoms with Gasteiger partial charge in [-0.15, -0.1) is 0 Å². The third-order valence-electron chi connectivity index (χ3n) is 3.76. The van der Waals surface area contributed by atoms with Gasteiger partial charge in [0.15, 0.2) is 6.10 Å². The maximum Gasteiger partial charge on any atom is 0.312 e. The molecule has 0 aromatic carbocycles. The van der Waals surface area contributed by atoms with Crippen molar-refractivity contribution in [2.24, 2.45) is 22.9 Å². The van der Waals surface area contributed by atoms with E-state index in [0.29, 0.717) is 0 Å². The van der Waals surface area contributed by atoms with E-state index in [9.17, 15) is 34.8 Å². The van der Waals surface area contributed by atoms with Gasteiger partial charge in [0.25, 0.3) is 5.91 Å². The molecule has 7 atom stereocenters. The zero-order valence-corrected chi connectivity index (χ0v) is 14.4. The Morgan fingerprint density at radius 1 is 0.963 bits per heavy atom. The van der Waals surface area contributed by atoms with Gasteiger partial charge in [-0.2, -0.15) is 0 Å². The van der Waals surface area contributed by atoms with E-state index < -0.39 is 80.0 Å². The summed E-state index contributed by atoms with van der Waals surface area (Å²) in [6.45, 7) is -1.02. The van der Waals surface area contributed by atoms with Crippen molar-refractivity contribution in [3.8, 4) is 0 Å². The number of rotatable bonds is 12. The summed E-state index contributed by atoms with van der Waals surface area (Å²) in [7, 11) is 0. The minimum Gasteiger partial charge on any atom is -0.395 e. The Labute approximate surface area is 154 Å². The van der Waals surface area contributed by atoms with Crippen molar-refractivity contribution < 1.29 is 39.9 Å². The summed E-state index contributed by atoms with van der Waals surface area (Å²) in [4.78, 5) is 33.8. The van der Waals surface area contributed by atoms with Crippen molar-refractivity contribution in [2.75, 3.05) is 13.2 Å². The van der Waals surface area contributed by atoms with Crippen LogP contribution in [0.1, 0.15) is 6.42 Å². The van der Waals surface area contributed by atoms with Crippen LogP contribution in [0.3, 0.4) is 0 Å². The fourth-order valence-electron chi connectivity index (χ4n) is 1.98. The smallest absolute Gasteiger partial charge is 0.312 e. The van der Waals surface area contributed by atoms with Gasteiger partial charge in [0.2, 0.25) is 5.91 Å². The number of nitrogens with one attached hydrogen (secondary N) is 2. The van der Waals surface area contributed by atoms with Gasteiger partial charge in [-0.25, -0.2) is 4.79 Å². The highest BCUT2D eigenvalue weighted by atomic mass is 16.3. The van der Waals surface area contributed by atoms with Crippen molar-refractivity contribution in [1.29, 1.82) is 0 Å². The molecule has 158 valence electrons. The summed E-state index contributed by atoms with van der Waals surface area (Å²) in [6.07, 6.45) is -7.54. The standard InChI is InChI=1S/C13H28N6O8/c14-4(3-20)6(21)1-7(22)8(15)9(23)10(24)12(26)19-5(11(16)25)2-18-13(17)27/h4-10,20-24H,1-3,14-15H2,(H2,16,25)(H,19,26)(H3,17,18,27)/t4-,5-,6+,7-,8-,9-,10+/m0/s1. The van der Waals surface area contributed by atoms with Crippen molar-refractivity contribution in [3.63, 3.8) is 0 Å². The summed E-state index contributed by atoms with van der Waals surface area (Å²) in [5.74, 6) is -2.31. The Bertz CT molecular complexity index is 509. The van der Waals surface area contributed by atoms with Crippen LogP contribution in [0.25, 0.3) is 0 Å². The number of hydrogen-bond donors (Lipinski definition) is 11. The van der Waals surface area contributed by atoms with E-state index in [1.165, 1.54) is 0 Å². The van der Waals surface area contributed by atoms with Crippen LogP contribution in [0.5, 0.6) is 0 Å². The lowest BCUT2D eigenvalue weighted by molar-refractivity contribution is -0.140. The van der Waals surface area contributed by atoms with Crippen LogP contribution in [-0.2, 0) is 9.59 Å². The van der Waals surface area contributed by atoms with Gasteiger partial charge in [0.05, 0.1) is 30.9 Å². The molecule has 14 nitrogen and oxygen atoms in total. The van der Waals surface area contributed by atoms with Crippen LogP contribution in [-0.4, -0.2) is 99.1 Å². The molecule has 0 radical (unpaired) electrons. The molecular formula is C13H28N6O8. The predicted octanol–water partition coefficient (Wildman–Crippen LogP) is -6.89. The first-order valence-electron chi connectivity index (χ1n) is 7.89. The average Bonchev–Trinajstić information content (AvgIpc) is 2.61. The normalized spacial score (nSPS) is 19.1. The van der Waals surface area contributed by atoms with E-state index in [4.69, 9.17) is 28.0 Å². The van der Waals surface area contributed by atoms with E-state index in [1.54, 1.807) is 0 Å². The molecule has 15 N–H and O–H groups in total. The number of aliphatic hydroxyl groups is 5. The summed E-state index contributed by atoms with van der Waals surface area (Å²) in [5, 5.41) is 52.2. The highest BCUT2D eigenvalue weighted by Gasteiger charge is 2.35. The van der Waals surface area contributed by atoms with Gasteiger partial charge in [-0.05, 0) is 0 Å².